The van der Waals surface area contributed by atoms with Crippen molar-refractivity contribution in [3.8, 4) is 5.75 Å². The van der Waals surface area contributed by atoms with Crippen LogP contribution in [0.25, 0.3) is 0 Å². The molecule has 0 saturated heterocycles. The number of thiazole rings is 1. The zero-order valence-corrected chi connectivity index (χ0v) is 17.3. The van der Waals surface area contributed by atoms with Gasteiger partial charge < -0.3 is 15.0 Å². The van der Waals surface area contributed by atoms with Crippen molar-refractivity contribution in [3.05, 3.63) is 69.7 Å². The number of fused-ring (bicyclic) bond motifs is 1. The highest BCUT2D eigenvalue weighted by Crippen LogP contribution is 2.23. The van der Waals surface area contributed by atoms with Gasteiger partial charge in [-0.3, -0.25) is 9.59 Å². The fourth-order valence-electron chi connectivity index (χ4n) is 3.24. The Balaban J connectivity index is 1.36. The van der Waals surface area contributed by atoms with E-state index in [1.807, 2.05) is 24.3 Å². The van der Waals surface area contributed by atoms with Gasteiger partial charge in [0.1, 0.15) is 17.8 Å². The Hall–Kier alpha value is -3.33. The number of amides is 2. The molecule has 3 heterocycles. The van der Waals surface area contributed by atoms with Crippen LogP contribution in [0, 0.1) is 0 Å². The Kier molecular flexibility index (Phi) is 5.99. The van der Waals surface area contributed by atoms with Crippen molar-refractivity contribution < 1.29 is 14.3 Å². The first kappa shape index (κ1) is 20.0. The van der Waals surface area contributed by atoms with E-state index < -0.39 is 0 Å². The first-order chi connectivity index (χ1) is 14.6. The van der Waals surface area contributed by atoms with Crippen molar-refractivity contribution in [1.82, 2.24) is 25.2 Å². The van der Waals surface area contributed by atoms with Gasteiger partial charge in [-0.25, -0.2) is 15.0 Å². The summed E-state index contributed by atoms with van der Waals surface area (Å²) in [5.74, 6) is 0.490. The van der Waals surface area contributed by atoms with Gasteiger partial charge in [0, 0.05) is 43.5 Å². The van der Waals surface area contributed by atoms with Gasteiger partial charge in [0.2, 0.25) is 0 Å². The summed E-state index contributed by atoms with van der Waals surface area (Å²) in [6.07, 6.45) is 4.23. The molecule has 0 bridgehead atoms. The predicted molar refractivity (Wildman–Crippen MR) is 112 cm³/mol. The number of methoxy groups -OCH3 is 1. The Labute approximate surface area is 178 Å². The van der Waals surface area contributed by atoms with Crippen LogP contribution in [0.4, 0.5) is 0 Å². The summed E-state index contributed by atoms with van der Waals surface area (Å²) in [5.41, 5.74) is 2.27. The highest BCUT2D eigenvalue weighted by Gasteiger charge is 2.24. The van der Waals surface area contributed by atoms with Gasteiger partial charge >= 0.3 is 0 Å². The van der Waals surface area contributed by atoms with Gasteiger partial charge in [-0.2, -0.15) is 0 Å². The first-order valence-corrected chi connectivity index (χ1v) is 10.4. The molecule has 1 N–H and O–H groups in total. The van der Waals surface area contributed by atoms with Crippen molar-refractivity contribution >= 4 is 23.2 Å². The van der Waals surface area contributed by atoms with Crippen molar-refractivity contribution in [1.29, 1.82) is 0 Å². The summed E-state index contributed by atoms with van der Waals surface area (Å²) in [6, 6.07) is 9.18. The van der Waals surface area contributed by atoms with E-state index in [4.69, 9.17) is 4.74 Å². The van der Waals surface area contributed by atoms with Crippen LogP contribution in [0.2, 0.25) is 0 Å². The molecule has 0 radical (unpaired) electrons. The van der Waals surface area contributed by atoms with Crippen molar-refractivity contribution in [2.24, 2.45) is 0 Å². The van der Waals surface area contributed by atoms with E-state index in [0.29, 0.717) is 43.2 Å². The number of rotatable bonds is 5. The highest BCUT2D eigenvalue weighted by atomic mass is 32.1. The van der Waals surface area contributed by atoms with E-state index in [-0.39, 0.29) is 11.8 Å². The molecule has 2 aromatic heterocycles. The minimum absolute atomic E-state index is 0.106. The monoisotopic (exact) mass is 423 g/mol. The molecule has 2 amide bonds. The maximum atomic E-state index is 12.6. The lowest BCUT2D eigenvalue weighted by Crippen LogP contribution is -2.34. The quantitative estimate of drug-likeness (QED) is 0.675. The number of aromatic nitrogens is 3. The summed E-state index contributed by atoms with van der Waals surface area (Å²) in [7, 11) is 1.62. The molecule has 0 aliphatic carbocycles. The topological polar surface area (TPSA) is 97.3 Å². The fraction of sp³-hybridized carbons (Fsp3) is 0.286. The summed E-state index contributed by atoms with van der Waals surface area (Å²) < 4.78 is 5.14. The van der Waals surface area contributed by atoms with E-state index in [1.165, 1.54) is 17.7 Å². The van der Waals surface area contributed by atoms with Crippen LogP contribution in [0.3, 0.4) is 0 Å². The van der Waals surface area contributed by atoms with E-state index >= 15 is 0 Å². The Morgan fingerprint density at radius 2 is 1.97 bits per heavy atom. The van der Waals surface area contributed by atoms with Gasteiger partial charge in [-0.15, -0.1) is 11.3 Å². The van der Waals surface area contributed by atoms with Gasteiger partial charge in [0.25, 0.3) is 11.8 Å². The first-order valence-electron chi connectivity index (χ1n) is 9.59. The van der Waals surface area contributed by atoms with Crippen LogP contribution in [0.15, 0.2) is 42.9 Å². The summed E-state index contributed by atoms with van der Waals surface area (Å²) in [6.45, 7) is 1.55. The van der Waals surface area contributed by atoms with Crippen LogP contribution in [-0.2, 0) is 19.4 Å². The largest absolute Gasteiger partial charge is 0.497 e. The lowest BCUT2D eigenvalue weighted by atomic mass is 10.2. The second kappa shape index (κ2) is 9.00. The summed E-state index contributed by atoms with van der Waals surface area (Å²) in [5, 5.41) is 3.38. The number of hydrogen-bond acceptors (Lipinski definition) is 7. The van der Waals surface area contributed by atoms with E-state index in [2.05, 4.69) is 20.3 Å². The normalized spacial score (nSPS) is 13.3. The molecule has 9 heteroatoms. The third kappa shape index (κ3) is 4.46. The predicted octanol–water partition coefficient (Wildman–Crippen LogP) is 2.11. The Morgan fingerprint density at radius 3 is 2.70 bits per heavy atom. The third-order valence-corrected chi connectivity index (χ3v) is 6.06. The van der Waals surface area contributed by atoms with Crippen molar-refractivity contribution in [3.63, 3.8) is 0 Å². The molecule has 8 nitrogen and oxygen atoms in total. The van der Waals surface area contributed by atoms with E-state index in [1.54, 1.807) is 24.3 Å². The number of nitrogens with zero attached hydrogens (tertiary/aromatic N) is 4. The minimum atomic E-state index is -0.183. The van der Waals surface area contributed by atoms with Crippen LogP contribution < -0.4 is 10.1 Å². The minimum Gasteiger partial charge on any atom is -0.497 e. The van der Waals surface area contributed by atoms with Gasteiger partial charge in [0.05, 0.1) is 12.8 Å². The summed E-state index contributed by atoms with van der Waals surface area (Å²) in [4.78, 5) is 40.4. The van der Waals surface area contributed by atoms with Crippen molar-refractivity contribution in [2.75, 3.05) is 20.2 Å². The van der Waals surface area contributed by atoms with E-state index in [9.17, 15) is 9.59 Å². The number of carbonyl (C=O) groups is 2. The second-order valence-electron chi connectivity index (χ2n) is 6.81. The molecule has 0 saturated carbocycles. The molecule has 154 valence electrons. The maximum absolute atomic E-state index is 12.6. The molecule has 3 aromatic rings. The number of ether oxygens (including phenoxy) is 1. The molecular weight excluding hydrogens is 402 g/mol. The van der Waals surface area contributed by atoms with Gasteiger partial charge in [0.15, 0.2) is 5.01 Å². The molecule has 4 rings (SSSR count). The van der Waals surface area contributed by atoms with Gasteiger partial charge in [-0.05, 0) is 23.8 Å². The molecule has 1 aliphatic heterocycles. The lowest BCUT2D eigenvalue weighted by Gasteiger charge is -2.19. The molecule has 0 atom stereocenters. The van der Waals surface area contributed by atoms with Gasteiger partial charge in [-0.1, -0.05) is 12.1 Å². The smallest absolute Gasteiger partial charge is 0.280 e. The lowest BCUT2D eigenvalue weighted by molar-refractivity contribution is 0.0756. The number of carbonyl (C=O) groups excluding carboxylic acids is 2. The molecule has 1 aromatic carbocycles. The number of nitrogens with one attached hydrogen (secondary N) is 1. The average molecular weight is 423 g/mol. The zero-order chi connectivity index (χ0) is 20.9. The molecule has 1 aliphatic rings. The Morgan fingerprint density at radius 1 is 1.17 bits per heavy atom. The SMILES string of the molecule is COc1ccc(CNC(=O)c2nc3c(s2)CCN(C(=O)c2ccncn2)CC3)cc1. The molecule has 30 heavy (non-hydrogen) atoms. The van der Waals surface area contributed by atoms with Crippen molar-refractivity contribution in [2.45, 2.75) is 19.4 Å². The second-order valence-corrected chi connectivity index (χ2v) is 7.89. The fourth-order valence-corrected chi connectivity index (χ4v) is 4.26. The standard InChI is InChI=1S/C21H21N5O3S/c1-29-15-4-2-14(3-5-15)12-23-19(27)20-25-16-7-10-26(11-8-18(16)30-20)21(28)17-6-9-22-13-24-17/h2-6,9,13H,7-8,10-12H2,1H3,(H,23,27). The third-order valence-electron chi connectivity index (χ3n) is 4.90. The maximum Gasteiger partial charge on any atom is 0.280 e. The zero-order valence-electron chi connectivity index (χ0n) is 16.5. The summed E-state index contributed by atoms with van der Waals surface area (Å²) >= 11 is 1.40. The average Bonchev–Trinajstić information content (AvgIpc) is 3.11. The number of hydrogen-bond donors (Lipinski definition) is 1. The molecular formula is C21H21N5O3S. The van der Waals surface area contributed by atoms with Crippen LogP contribution in [0.5, 0.6) is 5.75 Å². The van der Waals surface area contributed by atoms with Crippen LogP contribution in [0.1, 0.15) is 36.4 Å². The highest BCUT2D eigenvalue weighted by molar-refractivity contribution is 7.13. The van der Waals surface area contributed by atoms with Crippen LogP contribution >= 0.6 is 11.3 Å². The molecule has 0 spiro atoms. The Bertz CT molecular complexity index is 1010. The van der Waals surface area contributed by atoms with Crippen LogP contribution in [-0.4, -0.2) is 51.9 Å². The molecule has 0 unspecified atom stereocenters. The number of benzene rings is 1. The van der Waals surface area contributed by atoms with E-state index in [0.717, 1.165) is 21.9 Å². The molecule has 0 fully saturated rings.